The number of ether oxygens (including phenoxy) is 1. The minimum atomic E-state index is -0.0156. The first-order chi connectivity index (χ1) is 14.9. The molecule has 31 heavy (non-hydrogen) atoms. The second kappa shape index (κ2) is 8.81. The third-order valence-corrected chi connectivity index (χ3v) is 6.69. The Kier molecular flexibility index (Phi) is 6.12. The molecule has 1 saturated heterocycles. The van der Waals surface area contributed by atoms with Crippen LogP contribution in [-0.4, -0.2) is 39.8 Å². The zero-order valence-electron chi connectivity index (χ0n) is 18.8. The lowest BCUT2D eigenvalue weighted by Gasteiger charge is -2.28. The van der Waals surface area contributed by atoms with Gasteiger partial charge in [-0.05, 0) is 80.9 Å². The molecule has 0 spiro atoms. The van der Waals surface area contributed by atoms with Crippen LogP contribution in [0.4, 0.5) is 0 Å². The number of aryl methyl sites for hydroxylation is 2. The molecule has 0 amide bonds. The van der Waals surface area contributed by atoms with Crippen LogP contribution in [0.25, 0.3) is 5.69 Å². The Labute approximate surface area is 190 Å². The molecule has 0 saturated carbocycles. The van der Waals surface area contributed by atoms with Crippen molar-refractivity contribution in [2.75, 3.05) is 20.3 Å². The van der Waals surface area contributed by atoms with Gasteiger partial charge in [0.25, 0.3) is 0 Å². The predicted molar refractivity (Wildman–Crippen MR) is 129 cm³/mol. The molecule has 1 fully saturated rings. The number of hydrogen-bond acceptors (Lipinski definition) is 3. The summed E-state index contributed by atoms with van der Waals surface area (Å²) in [5.74, 6) is 0. The van der Waals surface area contributed by atoms with E-state index in [1.54, 1.807) is 7.11 Å². The summed E-state index contributed by atoms with van der Waals surface area (Å²) in [6, 6.07) is 14.9. The smallest absolute Gasteiger partial charge is 0.170 e. The Bertz CT molecular complexity index is 1090. The first-order valence-electron chi connectivity index (χ1n) is 10.7. The van der Waals surface area contributed by atoms with E-state index in [0.717, 1.165) is 17.4 Å². The standard InChI is InChI=1S/C25H30N4OS/c1-16-9-8-11-22(18(16)3)29-17(2)15-20(19(29)4)24-23(21-10-6-7-12-26-21)27-25(31)28(24)13-14-30-5/h6-12,15,23-24H,13-14H2,1-5H3,(H,27,31)/t23-,24+/m1/s1. The summed E-state index contributed by atoms with van der Waals surface area (Å²) in [4.78, 5) is 6.89. The molecule has 6 heteroatoms. The van der Waals surface area contributed by atoms with Gasteiger partial charge in [-0.3, -0.25) is 4.98 Å². The van der Waals surface area contributed by atoms with Gasteiger partial charge in [-0.2, -0.15) is 0 Å². The number of hydrogen-bond donors (Lipinski definition) is 1. The summed E-state index contributed by atoms with van der Waals surface area (Å²) < 4.78 is 7.75. The molecule has 162 valence electrons. The maximum atomic E-state index is 5.75. The van der Waals surface area contributed by atoms with Crippen LogP contribution in [0.2, 0.25) is 0 Å². The van der Waals surface area contributed by atoms with Crippen molar-refractivity contribution in [1.82, 2.24) is 19.8 Å². The minimum Gasteiger partial charge on any atom is -0.383 e. The van der Waals surface area contributed by atoms with Crippen molar-refractivity contribution in [1.29, 1.82) is 0 Å². The van der Waals surface area contributed by atoms with Crippen molar-refractivity contribution in [2.24, 2.45) is 0 Å². The maximum absolute atomic E-state index is 5.75. The minimum absolute atomic E-state index is 0.0156. The van der Waals surface area contributed by atoms with E-state index in [4.69, 9.17) is 17.0 Å². The molecule has 1 N–H and O–H groups in total. The molecule has 1 aliphatic rings. The van der Waals surface area contributed by atoms with Crippen LogP contribution in [0.1, 0.15) is 45.9 Å². The molecular weight excluding hydrogens is 404 g/mol. The second-order valence-electron chi connectivity index (χ2n) is 8.19. The van der Waals surface area contributed by atoms with Gasteiger partial charge >= 0.3 is 0 Å². The number of nitrogens with one attached hydrogen (secondary N) is 1. The topological polar surface area (TPSA) is 42.3 Å². The highest BCUT2D eigenvalue weighted by molar-refractivity contribution is 7.80. The van der Waals surface area contributed by atoms with Gasteiger partial charge in [-0.1, -0.05) is 18.2 Å². The van der Waals surface area contributed by atoms with E-state index in [9.17, 15) is 0 Å². The Morgan fingerprint density at radius 3 is 2.61 bits per heavy atom. The third kappa shape index (κ3) is 3.86. The molecule has 1 aromatic carbocycles. The van der Waals surface area contributed by atoms with Gasteiger partial charge < -0.3 is 19.5 Å². The monoisotopic (exact) mass is 434 g/mol. The first kappa shape index (κ1) is 21.5. The molecule has 2 aromatic heterocycles. The summed E-state index contributed by atoms with van der Waals surface area (Å²) in [7, 11) is 1.73. The van der Waals surface area contributed by atoms with E-state index in [2.05, 4.69) is 77.8 Å². The van der Waals surface area contributed by atoms with E-state index in [1.807, 2.05) is 18.3 Å². The molecular formula is C25H30N4OS. The summed E-state index contributed by atoms with van der Waals surface area (Å²) in [6.45, 7) is 10.1. The summed E-state index contributed by atoms with van der Waals surface area (Å²) >= 11 is 5.75. The first-order valence-corrected chi connectivity index (χ1v) is 11.1. The quantitative estimate of drug-likeness (QED) is 0.569. The van der Waals surface area contributed by atoms with Crippen LogP contribution in [-0.2, 0) is 4.74 Å². The second-order valence-corrected chi connectivity index (χ2v) is 8.58. The maximum Gasteiger partial charge on any atom is 0.170 e. The number of thiocarbonyl (C=S) groups is 1. The molecule has 3 heterocycles. The normalized spacial score (nSPS) is 18.5. The average molecular weight is 435 g/mol. The third-order valence-electron chi connectivity index (χ3n) is 6.34. The van der Waals surface area contributed by atoms with Gasteiger partial charge in [0, 0.05) is 36.9 Å². The van der Waals surface area contributed by atoms with E-state index in [1.165, 1.54) is 33.8 Å². The number of rotatable bonds is 6. The SMILES string of the molecule is COCCN1C(=S)N[C@H](c2ccccn2)[C@@H]1c1cc(C)n(-c2cccc(C)c2C)c1C. The molecule has 0 radical (unpaired) electrons. The Balaban J connectivity index is 1.84. The molecule has 0 unspecified atom stereocenters. The van der Waals surface area contributed by atoms with Crippen molar-refractivity contribution in [3.05, 3.63) is 82.4 Å². The van der Waals surface area contributed by atoms with Crippen molar-refractivity contribution in [2.45, 2.75) is 39.8 Å². The van der Waals surface area contributed by atoms with Crippen LogP contribution >= 0.6 is 12.2 Å². The fourth-order valence-corrected chi connectivity index (χ4v) is 4.94. The van der Waals surface area contributed by atoms with Crippen molar-refractivity contribution < 1.29 is 4.74 Å². The Morgan fingerprint density at radius 1 is 1.10 bits per heavy atom. The van der Waals surface area contributed by atoms with Crippen molar-refractivity contribution in [3.63, 3.8) is 0 Å². The van der Waals surface area contributed by atoms with Gasteiger partial charge in [-0.15, -0.1) is 0 Å². The van der Waals surface area contributed by atoms with Crippen LogP contribution in [0, 0.1) is 27.7 Å². The molecule has 4 rings (SSSR count). The molecule has 3 aromatic rings. The zero-order valence-corrected chi connectivity index (χ0v) is 19.7. The average Bonchev–Trinajstić information content (AvgIpc) is 3.24. The summed E-state index contributed by atoms with van der Waals surface area (Å²) in [6.07, 6.45) is 1.84. The lowest BCUT2D eigenvalue weighted by atomic mass is 9.96. The molecule has 0 aliphatic carbocycles. The van der Waals surface area contributed by atoms with Crippen molar-refractivity contribution in [3.8, 4) is 5.69 Å². The molecule has 0 bridgehead atoms. The predicted octanol–water partition coefficient (Wildman–Crippen LogP) is 4.72. The van der Waals surface area contributed by atoms with Gasteiger partial charge in [0.2, 0.25) is 0 Å². The highest BCUT2D eigenvalue weighted by Crippen LogP contribution is 2.41. The van der Waals surface area contributed by atoms with Crippen LogP contribution in [0.3, 0.4) is 0 Å². The van der Waals surface area contributed by atoms with Gasteiger partial charge in [-0.25, -0.2) is 0 Å². The molecule has 1 aliphatic heterocycles. The van der Waals surface area contributed by atoms with E-state index < -0.39 is 0 Å². The van der Waals surface area contributed by atoms with E-state index in [-0.39, 0.29) is 12.1 Å². The van der Waals surface area contributed by atoms with Crippen LogP contribution in [0.5, 0.6) is 0 Å². The number of nitrogens with zero attached hydrogens (tertiary/aromatic N) is 3. The molecule has 5 nitrogen and oxygen atoms in total. The number of benzene rings is 1. The Hall–Kier alpha value is -2.70. The van der Waals surface area contributed by atoms with Crippen molar-refractivity contribution >= 4 is 17.3 Å². The Morgan fingerprint density at radius 2 is 1.90 bits per heavy atom. The molecule has 2 atom stereocenters. The highest BCUT2D eigenvalue weighted by atomic mass is 32.1. The fraction of sp³-hybridized carbons (Fsp3) is 0.360. The lowest BCUT2D eigenvalue weighted by Crippen LogP contribution is -2.32. The largest absolute Gasteiger partial charge is 0.383 e. The van der Waals surface area contributed by atoms with Gasteiger partial charge in [0.15, 0.2) is 5.11 Å². The van der Waals surface area contributed by atoms with Gasteiger partial charge in [0.05, 0.1) is 24.4 Å². The number of methoxy groups -OCH3 is 1. The number of pyridine rings is 1. The fourth-order valence-electron chi connectivity index (χ4n) is 4.61. The summed E-state index contributed by atoms with van der Waals surface area (Å²) in [5, 5.41) is 4.27. The van der Waals surface area contributed by atoms with E-state index in [0.29, 0.717) is 6.61 Å². The number of aromatic nitrogens is 2. The highest BCUT2D eigenvalue weighted by Gasteiger charge is 2.41. The van der Waals surface area contributed by atoms with E-state index >= 15 is 0 Å². The van der Waals surface area contributed by atoms with Crippen LogP contribution in [0.15, 0.2) is 48.7 Å². The summed E-state index contributed by atoms with van der Waals surface area (Å²) in [5.41, 5.74) is 8.52. The zero-order chi connectivity index (χ0) is 22.1. The lowest BCUT2D eigenvalue weighted by molar-refractivity contribution is 0.164. The van der Waals surface area contributed by atoms with Crippen LogP contribution < -0.4 is 5.32 Å². The van der Waals surface area contributed by atoms with Gasteiger partial charge in [0.1, 0.15) is 0 Å².